The first-order valence-electron chi connectivity index (χ1n) is 9.23. The van der Waals surface area contributed by atoms with Gasteiger partial charge in [-0.3, -0.25) is 4.99 Å². The maximum absolute atomic E-state index is 4.45. The van der Waals surface area contributed by atoms with Crippen molar-refractivity contribution in [2.24, 2.45) is 12.0 Å². The molecular weight excluding hydrogens is 322 g/mol. The third-order valence-electron chi connectivity index (χ3n) is 4.87. The van der Waals surface area contributed by atoms with E-state index in [-0.39, 0.29) is 0 Å². The molecule has 0 fully saturated rings. The first kappa shape index (κ1) is 20.0. The van der Waals surface area contributed by atoms with Gasteiger partial charge in [0.25, 0.3) is 0 Å². The first-order valence-corrected chi connectivity index (χ1v) is 9.23. The lowest BCUT2D eigenvalue weighted by atomic mass is 10.0. The quantitative estimate of drug-likeness (QED) is 0.613. The van der Waals surface area contributed by atoms with Crippen molar-refractivity contribution < 1.29 is 0 Å². The van der Waals surface area contributed by atoms with E-state index in [1.165, 1.54) is 16.8 Å². The van der Waals surface area contributed by atoms with Crippen LogP contribution in [0.2, 0.25) is 0 Å². The number of benzene rings is 1. The van der Waals surface area contributed by atoms with Gasteiger partial charge < -0.3 is 19.7 Å². The lowest BCUT2D eigenvalue weighted by Gasteiger charge is -2.28. The highest BCUT2D eigenvalue weighted by molar-refractivity contribution is 5.79. The van der Waals surface area contributed by atoms with E-state index in [4.69, 9.17) is 0 Å². The maximum atomic E-state index is 4.45. The molecule has 0 saturated heterocycles. The molecule has 0 aliphatic carbocycles. The zero-order valence-corrected chi connectivity index (χ0v) is 17.0. The van der Waals surface area contributed by atoms with Crippen LogP contribution in [0.4, 0.5) is 0 Å². The number of guanidine groups is 1. The van der Waals surface area contributed by atoms with E-state index in [0.29, 0.717) is 6.04 Å². The predicted molar refractivity (Wildman–Crippen MR) is 110 cm³/mol. The van der Waals surface area contributed by atoms with Crippen LogP contribution < -0.4 is 5.32 Å². The third-order valence-corrected chi connectivity index (χ3v) is 4.87. The summed E-state index contributed by atoms with van der Waals surface area (Å²) in [4.78, 5) is 8.86. The highest BCUT2D eigenvalue weighted by atomic mass is 15.3. The highest BCUT2D eigenvalue weighted by Gasteiger charge is 2.16. The number of aromatic nitrogens is 1. The number of nitrogens with one attached hydrogen (secondary N) is 1. The summed E-state index contributed by atoms with van der Waals surface area (Å²) in [5, 5.41) is 3.53. The van der Waals surface area contributed by atoms with Crippen LogP contribution >= 0.6 is 0 Å². The Balaban J connectivity index is 2.02. The molecule has 5 nitrogen and oxygen atoms in total. The number of likely N-dealkylation sites (N-methyl/N-ethyl adjacent to an activating group) is 1. The van der Waals surface area contributed by atoms with Crippen molar-refractivity contribution in [2.75, 3.05) is 34.7 Å². The van der Waals surface area contributed by atoms with Gasteiger partial charge in [-0.05, 0) is 43.8 Å². The van der Waals surface area contributed by atoms with Crippen molar-refractivity contribution >= 4 is 5.96 Å². The summed E-state index contributed by atoms with van der Waals surface area (Å²) in [5.74, 6) is 0.906. The summed E-state index contributed by atoms with van der Waals surface area (Å²) < 4.78 is 2.14. The Kier molecular flexibility index (Phi) is 7.27. The Morgan fingerprint density at radius 2 is 1.85 bits per heavy atom. The molecule has 2 rings (SSSR count). The predicted octanol–water partition coefficient (Wildman–Crippen LogP) is 2.90. The van der Waals surface area contributed by atoms with Gasteiger partial charge in [0, 0.05) is 39.6 Å². The summed E-state index contributed by atoms with van der Waals surface area (Å²) >= 11 is 0. The summed E-state index contributed by atoms with van der Waals surface area (Å²) in [5.41, 5.74) is 3.95. The Hall–Kier alpha value is -2.27. The maximum Gasteiger partial charge on any atom is 0.193 e. The fraction of sp³-hybridized carbons (Fsp3) is 0.476. The largest absolute Gasteiger partial charge is 0.354 e. The summed E-state index contributed by atoms with van der Waals surface area (Å²) in [7, 11) is 10.2. The Morgan fingerprint density at radius 3 is 2.35 bits per heavy atom. The lowest BCUT2D eigenvalue weighted by Crippen LogP contribution is -2.42. The number of hydrogen-bond acceptors (Lipinski definition) is 2. The monoisotopic (exact) mass is 355 g/mol. The molecule has 5 heteroatoms. The molecule has 0 radical (unpaired) electrons. The number of hydrogen-bond donors (Lipinski definition) is 1. The van der Waals surface area contributed by atoms with Gasteiger partial charge in [-0.1, -0.05) is 31.2 Å². The summed E-state index contributed by atoms with van der Waals surface area (Å²) in [6, 6.07) is 13.4. The van der Waals surface area contributed by atoms with E-state index in [9.17, 15) is 0 Å². The minimum atomic E-state index is 0.293. The third kappa shape index (κ3) is 5.11. The van der Waals surface area contributed by atoms with Crippen molar-refractivity contribution in [3.8, 4) is 0 Å². The molecular formula is C21H33N5. The second kappa shape index (κ2) is 9.43. The van der Waals surface area contributed by atoms with E-state index in [1.807, 2.05) is 7.05 Å². The number of aryl methyl sites for hydroxylation is 2. The van der Waals surface area contributed by atoms with Crippen LogP contribution in [0, 0.1) is 0 Å². The van der Waals surface area contributed by atoms with Crippen LogP contribution in [0.1, 0.15) is 29.8 Å². The molecule has 1 atom stereocenters. The molecule has 0 spiro atoms. The molecule has 0 bridgehead atoms. The topological polar surface area (TPSA) is 35.8 Å². The van der Waals surface area contributed by atoms with E-state index >= 15 is 0 Å². The lowest BCUT2D eigenvalue weighted by molar-refractivity contribution is 0.295. The van der Waals surface area contributed by atoms with Gasteiger partial charge in [0.05, 0.1) is 12.6 Å². The second-order valence-electron chi connectivity index (χ2n) is 6.97. The minimum Gasteiger partial charge on any atom is -0.354 e. The van der Waals surface area contributed by atoms with Gasteiger partial charge in [0.15, 0.2) is 5.96 Å². The van der Waals surface area contributed by atoms with Crippen LogP contribution in [0.3, 0.4) is 0 Å². The van der Waals surface area contributed by atoms with Gasteiger partial charge in [-0.15, -0.1) is 0 Å². The summed E-state index contributed by atoms with van der Waals surface area (Å²) in [6.07, 6.45) is 3.14. The van der Waals surface area contributed by atoms with E-state index in [0.717, 1.165) is 25.5 Å². The number of rotatable bonds is 7. The molecule has 1 heterocycles. The molecule has 26 heavy (non-hydrogen) atoms. The average molecular weight is 356 g/mol. The highest BCUT2D eigenvalue weighted by Crippen LogP contribution is 2.18. The minimum absolute atomic E-state index is 0.293. The molecule has 0 amide bonds. The smallest absolute Gasteiger partial charge is 0.193 e. The van der Waals surface area contributed by atoms with E-state index < -0.39 is 0 Å². The van der Waals surface area contributed by atoms with Crippen molar-refractivity contribution in [3.05, 3.63) is 59.4 Å². The standard InChI is InChI=1S/C21H33N5/c1-7-17-10-12-18(13-11-17)20(24(3)4)15-23-21(22-2)26(6)16-19-9-8-14-25(19)5/h8-14,20H,7,15-16H2,1-6H3,(H,22,23). The van der Waals surface area contributed by atoms with E-state index in [1.54, 1.807) is 0 Å². The van der Waals surface area contributed by atoms with Crippen LogP contribution in [0.25, 0.3) is 0 Å². The molecule has 0 aliphatic rings. The van der Waals surface area contributed by atoms with Crippen LogP contribution in [0.5, 0.6) is 0 Å². The molecule has 1 unspecified atom stereocenters. The zero-order chi connectivity index (χ0) is 19.1. The number of nitrogens with zero attached hydrogens (tertiary/aromatic N) is 4. The van der Waals surface area contributed by atoms with Crippen molar-refractivity contribution in [2.45, 2.75) is 25.9 Å². The Labute approximate surface area is 158 Å². The van der Waals surface area contributed by atoms with Crippen molar-refractivity contribution in [3.63, 3.8) is 0 Å². The van der Waals surface area contributed by atoms with Gasteiger partial charge >= 0.3 is 0 Å². The fourth-order valence-corrected chi connectivity index (χ4v) is 3.13. The Morgan fingerprint density at radius 1 is 1.15 bits per heavy atom. The van der Waals surface area contributed by atoms with Crippen molar-refractivity contribution in [1.82, 2.24) is 19.7 Å². The molecule has 1 aromatic carbocycles. The number of aliphatic imine (C=N–C) groups is 1. The average Bonchev–Trinajstić information content (AvgIpc) is 3.03. The zero-order valence-electron chi connectivity index (χ0n) is 17.0. The van der Waals surface area contributed by atoms with Gasteiger partial charge in [-0.2, -0.15) is 0 Å². The molecule has 1 N–H and O–H groups in total. The molecule has 2 aromatic rings. The normalized spacial score (nSPS) is 13.1. The van der Waals surface area contributed by atoms with Crippen LogP contribution in [-0.2, 0) is 20.0 Å². The molecule has 0 aliphatic heterocycles. The SMILES string of the molecule is CCc1ccc(C(CNC(=NC)N(C)Cc2cccn2C)N(C)C)cc1. The van der Waals surface area contributed by atoms with Gasteiger partial charge in [0.1, 0.15) is 0 Å². The van der Waals surface area contributed by atoms with Crippen molar-refractivity contribution in [1.29, 1.82) is 0 Å². The second-order valence-corrected chi connectivity index (χ2v) is 6.97. The first-order chi connectivity index (χ1) is 12.5. The van der Waals surface area contributed by atoms with E-state index in [2.05, 4.69) is 102 Å². The van der Waals surface area contributed by atoms with Gasteiger partial charge in [-0.25, -0.2) is 0 Å². The van der Waals surface area contributed by atoms with Crippen LogP contribution in [0.15, 0.2) is 47.6 Å². The molecule has 1 aromatic heterocycles. The molecule has 0 saturated carbocycles. The molecule has 142 valence electrons. The Bertz CT molecular complexity index is 699. The summed E-state index contributed by atoms with van der Waals surface area (Å²) in [6.45, 7) is 3.82. The van der Waals surface area contributed by atoms with Gasteiger partial charge in [0.2, 0.25) is 0 Å². The van der Waals surface area contributed by atoms with Crippen LogP contribution in [-0.4, -0.2) is 55.1 Å². The fourth-order valence-electron chi connectivity index (χ4n) is 3.13.